The fourth-order valence-electron chi connectivity index (χ4n) is 2.95. The summed E-state index contributed by atoms with van der Waals surface area (Å²) in [6.45, 7) is 0.0132. The molecule has 3 nitrogen and oxygen atoms in total. The van der Waals surface area contributed by atoms with Crippen molar-refractivity contribution in [3.8, 4) is 5.75 Å². The van der Waals surface area contributed by atoms with Crippen molar-refractivity contribution in [2.24, 2.45) is 0 Å². The van der Waals surface area contributed by atoms with E-state index in [-0.39, 0.29) is 12.5 Å². The highest BCUT2D eigenvalue weighted by atomic mass is 79.9. The number of hydrogen-bond acceptors (Lipinski definition) is 4. The number of ether oxygens (including phenoxy) is 1. The number of thioether (sulfide) groups is 1. The fourth-order valence-corrected chi connectivity index (χ4v) is 4.89. The molecule has 1 fully saturated rings. The molecule has 1 amide bonds. The molecule has 3 aromatic carbocycles. The first kappa shape index (κ1) is 23.3. The highest BCUT2D eigenvalue weighted by Crippen LogP contribution is 2.38. The lowest BCUT2D eigenvalue weighted by Gasteiger charge is -2.15. The molecule has 0 radical (unpaired) electrons. The van der Waals surface area contributed by atoms with Gasteiger partial charge in [0.05, 0.1) is 20.6 Å². The predicted molar refractivity (Wildman–Crippen MR) is 137 cm³/mol. The van der Waals surface area contributed by atoms with Gasteiger partial charge in [0, 0.05) is 10.0 Å². The van der Waals surface area contributed by atoms with Crippen molar-refractivity contribution in [3.63, 3.8) is 0 Å². The summed E-state index contributed by atoms with van der Waals surface area (Å²) in [6.07, 6.45) is 1.76. The van der Waals surface area contributed by atoms with Crippen LogP contribution in [0.2, 0.25) is 10.0 Å². The summed E-state index contributed by atoms with van der Waals surface area (Å²) in [7, 11) is 0. The summed E-state index contributed by atoms with van der Waals surface area (Å²) in [4.78, 5) is 14.9. The van der Waals surface area contributed by atoms with E-state index in [0.717, 1.165) is 10.0 Å². The van der Waals surface area contributed by atoms with Crippen LogP contribution in [0, 0.1) is 5.82 Å². The molecule has 0 unspecified atom stereocenters. The van der Waals surface area contributed by atoms with Gasteiger partial charge in [0.25, 0.3) is 5.91 Å². The van der Waals surface area contributed by atoms with Crippen LogP contribution in [-0.2, 0) is 11.4 Å². The molecule has 3 aromatic rings. The second-order valence-electron chi connectivity index (χ2n) is 6.67. The highest BCUT2D eigenvalue weighted by Gasteiger charge is 2.33. The number of carbonyl (C=O) groups excluding carboxylic acids is 1. The predicted octanol–water partition coefficient (Wildman–Crippen LogP) is 7.88. The molecule has 9 heteroatoms. The Balaban J connectivity index is 1.47. The Morgan fingerprint density at radius 2 is 1.84 bits per heavy atom. The summed E-state index contributed by atoms with van der Waals surface area (Å²) in [5.74, 6) is -0.0744. The summed E-state index contributed by atoms with van der Waals surface area (Å²) >= 11 is 22.2. The Morgan fingerprint density at radius 1 is 1.09 bits per heavy atom. The first-order valence-electron chi connectivity index (χ1n) is 9.22. The molecule has 4 rings (SSSR count). The average molecular weight is 569 g/mol. The number of anilines is 1. The van der Waals surface area contributed by atoms with Gasteiger partial charge in [-0.2, -0.15) is 0 Å². The first-order valence-corrected chi connectivity index (χ1v) is 12.0. The number of amides is 1. The number of thiocarbonyl (C=S) groups is 1. The molecule has 1 aliphatic heterocycles. The van der Waals surface area contributed by atoms with Gasteiger partial charge in [-0.3, -0.25) is 9.69 Å². The zero-order valence-corrected chi connectivity index (χ0v) is 20.9. The number of benzene rings is 3. The second-order valence-corrected chi connectivity index (χ2v) is 10.0. The van der Waals surface area contributed by atoms with Crippen LogP contribution in [0.4, 0.5) is 10.1 Å². The molecular weight excluding hydrogens is 556 g/mol. The molecule has 0 atom stereocenters. The van der Waals surface area contributed by atoms with Crippen LogP contribution in [0.25, 0.3) is 6.08 Å². The van der Waals surface area contributed by atoms with Gasteiger partial charge in [-0.05, 0) is 70.0 Å². The lowest BCUT2D eigenvalue weighted by atomic mass is 10.2. The minimum atomic E-state index is -0.414. The van der Waals surface area contributed by atoms with Crippen LogP contribution in [-0.4, -0.2) is 10.2 Å². The Bertz CT molecular complexity index is 1230. The molecule has 0 aliphatic carbocycles. The molecule has 0 bridgehead atoms. The third-order valence-corrected chi connectivity index (χ3v) is 7.47. The quantitative estimate of drug-likeness (QED) is 0.231. The van der Waals surface area contributed by atoms with Gasteiger partial charge in [0.15, 0.2) is 4.32 Å². The Morgan fingerprint density at radius 3 is 2.53 bits per heavy atom. The van der Waals surface area contributed by atoms with Crippen LogP contribution in [0.3, 0.4) is 0 Å². The van der Waals surface area contributed by atoms with E-state index in [2.05, 4.69) is 15.9 Å². The molecule has 32 heavy (non-hydrogen) atoms. The zero-order chi connectivity index (χ0) is 22.8. The maximum atomic E-state index is 13.9. The molecule has 162 valence electrons. The lowest BCUT2D eigenvalue weighted by molar-refractivity contribution is -0.113. The highest BCUT2D eigenvalue weighted by molar-refractivity contribution is 9.10. The van der Waals surface area contributed by atoms with Crippen molar-refractivity contribution in [3.05, 3.63) is 97.0 Å². The summed E-state index contributed by atoms with van der Waals surface area (Å²) in [5, 5.41) is 0.809. The third-order valence-electron chi connectivity index (χ3n) is 4.58. The SMILES string of the molecule is O=C1/C(=C/c2ccc(OCc3c(F)cccc3Cl)cc2)SC(=S)N1c1ccc(Br)c(Cl)c1. The topological polar surface area (TPSA) is 29.5 Å². The number of hydrogen-bond donors (Lipinski definition) is 0. The second kappa shape index (κ2) is 9.93. The molecule has 1 heterocycles. The van der Waals surface area contributed by atoms with Crippen molar-refractivity contribution in [2.75, 3.05) is 4.90 Å². The van der Waals surface area contributed by atoms with Crippen molar-refractivity contribution in [1.29, 1.82) is 0 Å². The maximum absolute atomic E-state index is 13.9. The molecule has 0 N–H and O–H groups in total. The van der Waals surface area contributed by atoms with E-state index in [1.165, 1.54) is 22.7 Å². The van der Waals surface area contributed by atoms with Crippen LogP contribution in [0.1, 0.15) is 11.1 Å². The van der Waals surface area contributed by atoms with Gasteiger partial charge in [0.1, 0.15) is 18.2 Å². The van der Waals surface area contributed by atoms with E-state index in [9.17, 15) is 9.18 Å². The van der Waals surface area contributed by atoms with E-state index in [0.29, 0.717) is 36.3 Å². The molecule has 0 saturated carbocycles. The minimum Gasteiger partial charge on any atom is -0.489 e. The molecule has 1 saturated heterocycles. The fraction of sp³-hybridized carbons (Fsp3) is 0.0435. The van der Waals surface area contributed by atoms with Gasteiger partial charge < -0.3 is 4.74 Å². The van der Waals surface area contributed by atoms with E-state index in [4.69, 9.17) is 40.2 Å². The molecule has 0 spiro atoms. The Labute approximate surface area is 212 Å². The van der Waals surface area contributed by atoms with Crippen LogP contribution >= 0.6 is 63.1 Å². The van der Waals surface area contributed by atoms with Gasteiger partial charge in [-0.1, -0.05) is 65.4 Å². The van der Waals surface area contributed by atoms with E-state index in [1.54, 1.807) is 60.7 Å². The molecule has 1 aliphatic rings. The largest absolute Gasteiger partial charge is 0.489 e. The van der Waals surface area contributed by atoms with Crippen molar-refractivity contribution in [2.45, 2.75) is 6.61 Å². The maximum Gasteiger partial charge on any atom is 0.270 e. The average Bonchev–Trinajstić information content (AvgIpc) is 3.04. The van der Waals surface area contributed by atoms with Gasteiger partial charge in [-0.25, -0.2) is 4.39 Å². The number of halogens is 4. The Hall–Kier alpha value is -1.90. The molecule has 0 aromatic heterocycles. The standard InChI is InChI=1S/C23H13BrCl2FNO2S2/c24-17-9-6-14(11-19(17)26)28-22(29)21(32-23(28)31)10-13-4-7-15(8-5-13)30-12-16-18(25)2-1-3-20(16)27/h1-11H,12H2/b21-10-. The smallest absolute Gasteiger partial charge is 0.270 e. The van der Waals surface area contributed by atoms with Gasteiger partial charge >= 0.3 is 0 Å². The lowest BCUT2D eigenvalue weighted by Crippen LogP contribution is -2.27. The minimum absolute atomic E-state index is 0.0132. The van der Waals surface area contributed by atoms with E-state index in [1.807, 2.05) is 0 Å². The summed E-state index contributed by atoms with van der Waals surface area (Å²) in [6, 6.07) is 16.8. The van der Waals surface area contributed by atoms with Gasteiger partial charge in [0.2, 0.25) is 0 Å². The Kier molecular flexibility index (Phi) is 7.22. The van der Waals surface area contributed by atoms with E-state index >= 15 is 0 Å². The van der Waals surface area contributed by atoms with Crippen molar-refractivity contribution in [1.82, 2.24) is 0 Å². The van der Waals surface area contributed by atoms with Crippen LogP contribution < -0.4 is 9.64 Å². The monoisotopic (exact) mass is 567 g/mol. The van der Waals surface area contributed by atoms with Crippen molar-refractivity contribution >= 4 is 85.1 Å². The normalized spacial score (nSPS) is 15.0. The number of nitrogens with zero attached hydrogens (tertiary/aromatic N) is 1. The van der Waals surface area contributed by atoms with E-state index < -0.39 is 5.82 Å². The van der Waals surface area contributed by atoms with Gasteiger partial charge in [-0.15, -0.1) is 0 Å². The zero-order valence-electron chi connectivity index (χ0n) is 16.2. The number of rotatable bonds is 5. The van der Waals surface area contributed by atoms with Crippen molar-refractivity contribution < 1.29 is 13.9 Å². The third kappa shape index (κ3) is 5.02. The number of carbonyl (C=O) groups is 1. The first-order chi connectivity index (χ1) is 15.3. The molecular formula is C23H13BrCl2FNO2S2. The van der Waals surface area contributed by atoms with Crippen LogP contribution in [0.5, 0.6) is 5.75 Å². The van der Waals surface area contributed by atoms with Crippen LogP contribution in [0.15, 0.2) is 70.0 Å². The summed E-state index contributed by atoms with van der Waals surface area (Å²) < 4.78 is 20.7. The summed E-state index contributed by atoms with van der Waals surface area (Å²) in [5.41, 5.74) is 1.71.